The molecule has 0 bridgehead atoms. The number of rotatable bonds is 4. The van der Waals surface area contributed by atoms with Crippen molar-refractivity contribution in [3.05, 3.63) is 0 Å². The first-order valence-corrected chi connectivity index (χ1v) is 12.0. The molecule has 7 nitrogen and oxygen atoms in total. The van der Waals surface area contributed by atoms with E-state index in [-0.39, 0.29) is 41.9 Å². The quantitative estimate of drug-likeness (QED) is 0.519. The number of alkyl halides is 2. The van der Waals surface area contributed by atoms with Crippen LogP contribution in [0.5, 0.6) is 0 Å². The van der Waals surface area contributed by atoms with Crippen LogP contribution in [-0.4, -0.2) is 79.9 Å². The Morgan fingerprint density at radius 1 is 1.16 bits per heavy atom. The molecule has 0 aromatic heterocycles. The molecule has 0 spiro atoms. The Morgan fingerprint density at radius 3 is 2.68 bits per heavy atom. The molecule has 9 heteroatoms. The third kappa shape index (κ3) is 3.70. The maximum absolute atomic E-state index is 15.6. The van der Waals surface area contributed by atoms with Crippen LogP contribution in [0.1, 0.15) is 45.4 Å². The number of hydrogen-bond acceptors (Lipinski definition) is 6. The van der Waals surface area contributed by atoms with Gasteiger partial charge < -0.3 is 15.4 Å². The molecule has 7 unspecified atom stereocenters. The first-order valence-electron chi connectivity index (χ1n) is 12.0. The Hall–Kier alpha value is -0.870. The van der Waals surface area contributed by atoms with E-state index in [1.807, 2.05) is 11.9 Å². The number of ether oxygens (including phenoxy) is 1. The van der Waals surface area contributed by atoms with Crippen LogP contribution >= 0.6 is 0 Å². The molecule has 8 atom stereocenters. The van der Waals surface area contributed by atoms with Crippen molar-refractivity contribution in [2.75, 3.05) is 33.3 Å². The second-order valence-corrected chi connectivity index (χ2v) is 10.5. The zero-order valence-electron chi connectivity index (χ0n) is 18.6. The fraction of sp³-hybridized carbons (Fsp3) is 0.955. The van der Waals surface area contributed by atoms with E-state index in [1.54, 1.807) is 7.11 Å². The monoisotopic (exact) mass is 441 g/mol. The van der Waals surface area contributed by atoms with Crippen LogP contribution in [0, 0.1) is 17.8 Å². The largest absolute Gasteiger partial charge is 0.368 e. The molecule has 1 saturated carbocycles. The smallest absolute Gasteiger partial charge is 0.253 e. The summed E-state index contributed by atoms with van der Waals surface area (Å²) in [5.74, 6) is 0.337. The van der Waals surface area contributed by atoms with Crippen molar-refractivity contribution in [1.29, 1.82) is 0 Å². The highest BCUT2D eigenvalue weighted by atomic mass is 19.1. The lowest BCUT2D eigenvalue weighted by atomic mass is 9.67. The van der Waals surface area contributed by atoms with E-state index < -0.39 is 17.4 Å². The molecule has 4 heterocycles. The van der Waals surface area contributed by atoms with Gasteiger partial charge in [0.1, 0.15) is 17.4 Å². The van der Waals surface area contributed by atoms with Crippen molar-refractivity contribution < 1.29 is 18.3 Å². The van der Waals surface area contributed by atoms with Gasteiger partial charge in [-0.15, -0.1) is 0 Å². The number of nitrogens with zero attached hydrogens (tertiary/aromatic N) is 1. The Bertz CT molecular complexity index is 693. The summed E-state index contributed by atoms with van der Waals surface area (Å²) in [7, 11) is 1.60. The number of carbonyl (C=O) groups is 1. The summed E-state index contributed by atoms with van der Waals surface area (Å²) >= 11 is 0. The highest BCUT2D eigenvalue weighted by Gasteiger charge is 2.61. The summed E-state index contributed by atoms with van der Waals surface area (Å²) in [5.41, 5.74) is 1.52. The first-order chi connectivity index (χ1) is 14.8. The fourth-order valence-electron chi connectivity index (χ4n) is 7.09. The van der Waals surface area contributed by atoms with Crippen LogP contribution in [0.4, 0.5) is 8.78 Å². The van der Waals surface area contributed by atoms with E-state index in [1.165, 1.54) is 0 Å². The standard InChI is InChI=1S/C22H37F2N5O2/c1-21(31-2)17-15(5-8-26-19(17)27-20(21)30)18-14-4-3-13(23)11-16(14)29(28-18)12-22(24)6-9-25-10-7-22/h13-19,25-26,28H,3-12H2,1-2H3,(H,27,30)/t13?,14?,15?,16?,17?,18?,19?,21-/m0/s1. The summed E-state index contributed by atoms with van der Waals surface area (Å²) in [4.78, 5) is 12.7. The molecule has 1 aliphatic carbocycles. The number of carbonyl (C=O) groups excluding carboxylic acids is 1. The summed E-state index contributed by atoms with van der Waals surface area (Å²) in [6.45, 7) is 4.36. The predicted octanol–water partition coefficient (Wildman–Crippen LogP) is 0.860. The lowest BCUT2D eigenvalue weighted by Crippen LogP contribution is -2.59. The first kappa shape index (κ1) is 21.9. The van der Waals surface area contributed by atoms with Gasteiger partial charge in [-0.2, -0.15) is 0 Å². The van der Waals surface area contributed by atoms with E-state index in [2.05, 4.69) is 21.4 Å². The molecular formula is C22H37F2N5O2. The van der Waals surface area contributed by atoms with Crippen LogP contribution in [0.25, 0.3) is 0 Å². The number of fused-ring (bicyclic) bond motifs is 2. The van der Waals surface area contributed by atoms with Crippen LogP contribution in [0.2, 0.25) is 0 Å². The average molecular weight is 442 g/mol. The third-order valence-electron chi connectivity index (χ3n) is 8.86. The minimum absolute atomic E-state index is 0.00320. The van der Waals surface area contributed by atoms with E-state index in [0.29, 0.717) is 45.3 Å². The van der Waals surface area contributed by atoms with Gasteiger partial charge in [0.15, 0.2) is 0 Å². The van der Waals surface area contributed by atoms with E-state index in [4.69, 9.17) is 4.74 Å². The number of halogens is 2. The molecule has 31 heavy (non-hydrogen) atoms. The second kappa shape index (κ2) is 8.17. The van der Waals surface area contributed by atoms with Crippen molar-refractivity contribution in [3.8, 4) is 0 Å². The fourth-order valence-corrected chi connectivity index (χ4v) is 7.09. The van der Waals surface area contributed by atoms with Crippen molar-refractivity contribution in [3.63, 3.8) is 0 Å². The van der Waals surface area contributed by atoms with Gasteiger partial charge in [-0.3, -0.25) is 15.5 Å². The molecule has 4 saturated heterocycles. The maximum atomic E-state index is 15.6. The second-order valence-electron chi connectivity index (χ2n) is 10.5. The molecule has 0 aromatic carbocycles. The van der Waals surface area contributed by atoms with Gasteiger partial charge in [-0.25, -0.2) is 13.8 Å². The molecule has 1 amide bonds. The van der Waals surface area contributed by atoms with Gasteiger partial charge in [0.2, 0.25) is 0 Å². The minimum atomic E-state index is -1.25. The van der Waals surface area contributed by atoms with Crippen LogP contribution in [0.15, 0.2) is 0 Å². The highest BCUT2D eigenvalue weighted by molar-refractivity contribution is 5.88. The molecule has 0 aromatic rings. The average Bonchev–Trinajstić information content (AvgIpc) is 3.23. The summed E-state index contributed by atoms with van der Waals surface area (Å²) in [6.07, 6.45) is 2.76. The maximum Gasteiger partial charge on any atom is 0.253 e. The number of amides is 1. The Morgan fingerprint density at radius 2 is 1.94 bits per heavy atom. The number of nitrogens with one attached hydrogen (secondary N) is 4. The topological polar surface area (TPSA) is 77.7 Å². The number of hydrogen-bond donors (Lipinski definition) is 4. The van der Waals surface area contributed by atoms with Gasteiger partial charge in [0.05, 0.1) is 6.17 Å². The Labute approximate surface area is 183 Å². The highest BCUT2D eigenvalue weighted by Crippen LogP contribution is 2.47. The number of methoxy groups -OCH3 is 1. The van der Waals surface area contributed by atoms with Gasteiger partial charge in [0, 0.05) is 31.7 Å². The predicted molar refractivity (Wildman–Crippen MR) is 113 cm³/mol. The van der Waals surface area contributed by atoms with Crippen LogP contribution < -0.4 is 21.4 Å². The molecule has 5 aliphatic rings. The van der Waals surface area contributed by atoms with Gasteiger partial charge in [0.25, 0.3) is 5.91 Å². The molecule has 4 N–H and O–H groups in total. The van der Waals surface area contributed by atoms with Crippen molar-refractivity contribution in [2.45, 2.75) is 81.1 Å². The van der Waals surface area contributed by atoms with E-state index in [9.17, 15) is 9.18 Å². The van der Waals surface area contributed by atoms with Gasteiger partial charge in [-0.05, 0) is 76.9 Å². The number of hydrazine groups is 1. The third-order valence-corrected chi connectivity index (χ3v) is 8.86. The lowest BCUT2D eigenvalue weighted by Gasteiger charge is -2.44. The molecule has 0 radical (unpaired) electrons. The van der Waals surface area contributed by atoms with Crippen LogP contribution in [0.3, 0.4) is 0 Å². The normalized spacial score (nSPS) is 47.6. The van der Waals surface area contributed by atoms with Gasteiger partial charge >= 0.3 is 0 Å². The molecular weight excluding hydrogens is 404 g/mol. The lowest BCUT2D eigenvalue weighted by molar-refractivity contribution is -0.143. The molecule has 5 fully saturated rings. The van der Waals surface area contributed by atoms with Crippen molar-refractivity contribution in [1.82, 2.24) is 26.4 Å². The zero-order valence-corrected chi connectivity index (χ0v) is 18.6. The summed E-state index contributed by atoms with van der Waals surface area (Å²) in [5, 5.41) is 11.8. The Balaban J connectivity index is 1.41. The van der Waals surface area contributed by atoms with E-state index >= 15 is 4.39 Å². The SMILES string of the molecule is CO[C@]1(C)C(=O)NC2NCCC(C3NN(CC4(F)CCNCC4)C4CC(F)CCC34)C21. The summed E-state index contributed by atoms with van der Waals surface area (Å²) < 4.78 is 35.8. The van der Waals surface area contributed by atoms with Crippen LogP contribution in [-0.2, 0) is 9.53 Å². The van der Waals surface area contributed by atoms with Gasteiger partial charge in [-0.1, -0.05) is 0 Å². The van der Waals surface area contributed by atoms with Crippen molar-refractivity contribution in [2.24, 2.45) is 17.8 Å². The van der Waals surface area contributed by atoms with E-state index in [0.717, 1.165) is 19.4 Å². The number of piperidine rings is 2. The zero-order chi connectivity index (χ0) is 21.8. The summed E-state index contributed by atoms with van der Waals surface area (Å²) in [6, 6.07) is 0.100. The molecule has 176 valence electrons. The molecule has 4 aliphatic heterocycles. The molecule has 5 rings (SSSR count). The Kier molecular flexibility index (Phi) is 5.78. The minimum Gasteiger partial charge on any atom is -0.368 e. The van der Waals surface area contributed by atoms with Crippen molar-refractivity contribution >= 4 is 5.91 Å².